The molecule has 6 nitrogen and oxygen atoms in total. The van der Waals surface area contributed by atoms with Crippen LogP contribution < -0.4 is 5.32 Å². The van der Waals surface area contributed by atoms with E-state index < -0.39 is 10.0 Å². The predicted molar refractivity (Wildman–Crippen MR) is 94.0 cm³/mol. The molecule has 24 heavy (non-hydrogen) atoms. The van der Waals surface area contributed by atoms with Gasteiger partial charge in [0.1, 0.15) is 0 Å². The molecule has 0 unspecified atom stereocenters. The molecule has 1 aliphatic rings. The second kappa shape index (κ2) is 8.09. The lowest BCUT2D eigenvalue weighted by Crippen LogP contribution is -2.47. The van der Waals surface area contributed by atoms with Crippen molar-refractivity contribution >= 4 is 15.9 Å². The quantitative estimate of drug-likeness (QED) is 0.837. The lowest BCUT2D eigenvalue weighted by atomic mass is 10.1. The number of carbonyl (C=O) groups excluding carboxylic acids is 1. The summed E-state index contributed by atoms with van der Waals surface area (Å²) in [5.74, 6) is 0.334. The lowest BCUT2D eigenvalue weighted by Gasteiger charge is -2.31. The Labute approximate surface area is 144 Å². The molecule has 1 aromatic rings. The van der Waals surface area contributed by atoms with Crippen LogP contribution in [0.3, 0.4) is 0 Å². The van der Waals surface area contributed by atoms with Crippen LogP contribution in [0.4, 0.5) is 0 Å². The Morgan fingerprint density at radius 1 is 1.12 bits per heavy atom. The molecule has 0 aromatic heterocycles. The third-order valence-electron chi connectivity index (χ3n) is 4.11. The molecular weight excluding hydrogens is 326 g/mol. The SMILES string of the molecule is CC(C)CC(=O)NCc1ccc(S(=O)(=O)N2CCN(C)CC2)cc1. The molecule has 1 heterocycles. The minimum Gasteiger partial charge on any atom is -0.352 e. The van der Waals surface area contributed by atoms with Crippen LogP contribution in [0.2, 0.25) is 0 Å². The predicted octanol–water partition coefficient (Wildman–Crippen LogP) is 1.29. The van der Waals surface area contributed by atoms with Crippen molar-refractivity contribution in [1.29, 1.82) is 0 Å². The summed E-state index contributed by atoms with van der Waals surface area (Å²) in [6.45, 7) is 6.95. The number of likely N-dealkylation sites (N-methyl/N-ethyl adjacent to an activating group) is 1. The van der Waals surface area contributed by atoms with Crippen molar-refractivity contribution in [3.8, 4) is 0 Å². The van der Waals surface area contributed by atoms with Crippen LogP contribution >= 0.6 is 0 Å². The van der Waals surface area contributed by atoms with Gasteiger partial charge in [-0.1, -0.05) is 26.0 Å². The van der Waals surface area contributed by atoms with E-state index in [0.29, 0.717) is 36.9 Å². The number of sulfonamides is 1. The molecule has 0 aliphatic carbocycles. The molecule has 7 heteroatoms. The lowest BCUT2D eigenvalue weighted by molar-refractivity contribution is -0.121. The minimum atomic E-state index is -3.43. The van der Waals surface area contributed by atoms with Gasteiger partial charge < -0.3 is 10.2 Å². The Balaban J connectivity index is 1.97. The van der Waals surface area contributed by atoms with Crippen molar-refractivity contribution in [3.05, 3.63) is 29.8 Å². The van der Waals surface area contributed by atoms with E-state index >= 15 is 0 Å². The summed E-state index contributed by atoms with van der Waals surface area (Å²) in [7, 11) is -1.44. The van der Waals surface area contributed by atoms with Crippen molar-refractivity contribution in [2.24, 2.45) is 5.92 Å². The highest BCUT2D eigenvalue weighted by Gasteiger charge is 2.27. The van der Waals surface area contributed by atoms with Crippen molar-refractivity contribution in [2.45, 2.75) is 31.7 Å². The maximum atomic E-state index is 12.6. The topological polar surface area (TPSA) is 69.7 Å². The number of rotatable bonds is 6. The maximum Gasteiger partial charge on any atom is 0.243 e. The molecule has 1 aliphatic heterocycles. The van der Waals surface area contributed by atoms with Crippen LogP contribution in [0.15, 0.2) is 29.2 Å². The highest BCUT2D eigenvalue weighted by atomic mass is 32.2. The molecule has 0 bridgehead atoms. The number of hydrogen-bond acceptors (Lipinski definition) is 4. The zero-order chi connectivity index (χ0) is 17.7. The van der Waals surface area contributed by atoms with Crippen LogP contribution in [-0.2, 0) is 21.4 Å². The van der Waals surface area contributed by atoms with Gasteiger partial charge in [0.15, 0.2) is 0 Å². The molecule has 1 N–H and O–H groups in total. The number of carbonyl (C=O) groups is 1. The molecule has 1 aromatic carbocycles. The number of nitrogens with one attached hydrogen (secondary N) is 1. The fourth-order valence-electron chi connectivity index (χ4n) is 2.60. The van der Waals surface area contributed by atoms with E-state index in [0.717, 1.165) is 18.7 Å². The molecule has 1 saturated heterocycles. The van der Waals surface area contributed by atoms with Gasteiger partial charge in [0.25, 0.3) is 0 Å². The highest BCUT2D eigenvalue weighted by molar-refractivity contribution is 7.89. The Bertz CT molecular complexity index is 648. The summed E-state index contributed by atoms with van der Waals surface area (Å²) in [6, 6.07) is 6.77. The number of nitrogens with zero attached hydrogens (tertiary/aromatic N) is 2. The standard InChI is InChI=1S/C17H27N3O3S/c1-14(2)12-17(21)18-13-15-4-6-16(7-5-15)24(22,23)20-10-8-19(3)9-11-20/h4-7,14H,8-13H2,1-3H3,(H,18,21). The van der Waals surface area contributed by atoms with Crippen molar-refractivity contribution in [1.82, 2.24) is 14.5 Å². The molecule has 134 valence electrons. The summed E-state index contributed by atoms with van der Waals surface area (Å²) in [6.07, 6.45) is 0.496. The van der Waals surface area contributed by atoms with E-state index in [9.17, 15) is 13.2 Å². The van der Waals surface area contributed by atoms with Gasteiger partial charge in [0, 0.05) is 39.1 Å². The summed E-state index contributed by atoms with van der Waals surface area (Å²) < 4.78 is 26.8. The van der Waals surface area contributed by atoms with Crippen molar-refractivity contribution in [3.63, 3.8) is 0 Å². The third-order valence-corrected chi connectivity index (χ3v) is 6.02. The van der Waals surface area contributed by atoms with E-state index in [-0.39, 0.29) is 5.91 Å². The van der Waals surface area contributed by atoms with E-state index in [4.69, 9.17) is 0 Å². The second-order valence-corrected chi connectivity index (χ2v) is 8.66. The number of benzene rings is 1. The Morgan fingerprint density at radius 3 is 2.25 bits per heavy atom. The third kappa shape index (κ3) is 5.03. The largest absolute Gasteiger partial charge is 0.352 e. The zero-order valence-electron chi connectivity index (χ0n) is 14.7. The first-order chi connectivity index (χ1) is 11.3. The average Bonchev–Trinajstić information content (AvgIpc) is 2.53. The summed E-state index contributed by atoms with van der Waals surface area (Å²) in [5, 5.41) is 2.85. The fraction of sp³-hybridized carbons (Fsp3) is 0.588. The average molecular weight is 353 g/mol. The van der Waals surface area contributed by atoms with Gasteiger partial charge in [0.05, 0.1) is 4.90 Å². The number of hydrogen-bond donors (Lipinski definition) is 1. The maximum absolute atomic E-state index is 12.6. The number of piperazine rings is 1. The van der Waals surface area contributed by atoms with Crippen LogP contribution in [0.5, 0.6) is 0 Å². The van der Waals surface area contributed by atoms with Gasteiger partial charge in [-0.25, -0.2) is 8.42 Å². The zero-order valence-corrected chi connectivity index (χ0v) is 15.5. The first-order valence-electron chi connectivity index (χ1n) is 8.33. The van der Waals surface area contributed by atoms with Crippen LogP contribution in [-0.4, -0.2) is 56.8 Å². The second-order valence-electron chi connectivity index (χ2n) is 6.73. The molecule has 2 rings (SSSR count). The van der Waals surface area contributed by atoms with E-state index in [1.807, 2.05) is 20.9 Å². The smallest absolute Gasteiger partial charge is 0.243 e. The van der Waals surface area contributed by atoms with Crippen molar-refractivity contribution in [2.75, 3.05) is 33.2 Å². The molecule has 0 spiro atoms. The van der Waals surface area contributed by atoms with E-state index in [1.165, 1.54) is 4.31 Å². The molecule has 0 saturated carbocycles. The van der Waals surface area contributed by atoms with Gasteiger partial charge in [0.2, 0.25) is 15.9 Å². The first kappa shape index (κ1) is 18.9. The Hall–Kier alpha value is -1.44. The molecule has 0 atom stereocenters. The Morgan fingerprint density at radius 2 is 1.71 bits per heavy atom. The normalized spacial score (nSPS) is 17.2. The summed E-state index contributed by atoms with van der Waals surface area (Å²) in [4.78, 5) is 14.1. The first-order valence-corrected chi connectivity index (χ1v) is 9.77. The van der Waals surface area contributed by atoms with E-state index in [2.05, 4.69) is 10.2 Å². The summed E-state index contributed by atoms with van der Waals surface area (Å²) in [5.41, 5.74) is 0.893. The van der Waals surface area contributed by atoms with E-state index in [1.54, 1.807) is 24.3 Å². The van der Waals surface area contributed by atoms with Gasteiger partial charge >= 0.3 is 0 Å². The fourth-order valence-corrected chi connectivity index (χ4v) is 4.02. The highest BCUT2D eigenvalue weighted by Crippen LogP contribution is 2.18. The summed E-state index contributed by atoms with van der Waals surface area (Å²) >= 11 is 0. The van der Waals surface area contributed by atoms with Gasteiger partial charge in [-0.3, -0.25) is 4.79 Å². The number of amides is 1. The monoisotopic (exact) mass is 353 g/mol. The molecule has 1 amide bonds. The van der Waals surface area contributed by atoms with Crippen LogP contribution in [0, 0.1) is 5.92 Å². The Kier molecular flexibility index (Phi) is 6.37. The van der Waals surface area contributed by atoms with Crippen LogP contribution in [0.25, 0.3) is 0 Å². The molecular formula is C17H27N3O3S. The van der Waals surface area contributed by atoms with Gasteiger partial charge in [-0.05, 0) is 30.7 Å². The van der Waals surface area contributed by atoms with Crippen LogP contribution in [0.1, 0.15) is 25.8 Å². The van der Waals surface area contributed by atoms with Crippen molar-refractivity contribution < 1.29 is 13.2 Å². The molecule has 0 radical (unpaired) electrons. The minimum absolute atomic E-state index is 0.0131. The molecule has 1 fully saturated rings. The van der Waals surface area contributed by atoms with Gasteiger partial charge in [-0.15, -0.1) is 0 Å². The van der Waals surface area contributed by atoms with Gasteiger partial charge in [-0.2, -0.15) is 4.31 Å².